The molecule has 1 aromatic carbocycles. The molecule has 0 aliphatic rings. The minimum atomic E-state index is -0.400. The Bertz CT molecular complexity index is 506. The standard InChI is InChI=1S/C15H20N2O2/c1-3-19-10-14-16-13(9-11(2)18)15(17-14)12-7-5-4-6-8-12/h4-8,11,18H,3,9-10H2,1-2H3,(H,16,17). The summed E-state index contributed by atoms with van der Waals surface area (Å²) in [6, 6.07) is 9.99. The first-order valence-electron chi connectivity index (χ1n) is 6.59. The summed E-state index contributed by atoms with van der Waals surface area (Å²) in [5.41, 5.74) is 2.91. The molecular weight excluding hydrogens is 240 g/mol. The summed E-state index contributed by atoms with van der Waals surface area (Å²) in [7, 11) is 0. The third-order valence-electron chi connectivity index (χ3n) is 2.82. The zero-order chi connectivity index (χ0) is 13.7. The van der Waals surface area contributed by atoms with Gasteiger partial charge in [-0.2, -0.15) is 0 Å². The van der Waals surface area contributed by atoms with E-state index in [2.05, 4.69) is 9.97 Å². The normalized spacial score (nSPS) is 12.6. The fourth-order valence-corrected chi connectivity index (χ4v) is 2.01. The van der Waals surface area contributed by atoms with Gasteiger partial charge in [0.15, 0.2) is 0 Å². The molecule has 19 heavy (non-hydrogen) atoms. The predicted molar refractivity (Wildman–Crippen MR) is 74.7 cm³/mol. The third kappa shape index (κ3) is 3.66. The SMILES string of the molecule is CCOCc1nc(-c2ccccc2)c(CC(C)O)[nH]1. The van der Waals surface area contributed by atoms with Gasteiger partial charge in [0.2, 0.25) is 0 Å². The lowest BCUT2D eigenvalue weighted by atomic mass is 10.1. The molecule has 0 saturated heterocycles. The van der Waals surface area contributed by atoms with Crippen LogP contribution in [0.4, 0.5) is 0 Å². The van der Waals surface area contributed by atoms with Crippen molar-refractivity contribution in [3.05, 3.63) is 41.9 Å². The molecule has 2 rings (SSSR count). The van der Waals surface area contributed by atoms with E-state index >= 15 is 0 Å². The van der Waals surface area contributed by atoms with E-state index in [0.29, 0.717) is 19.6 Å². The number of H-pyrrole nitrogens is 1. The van der Waals surface area contributed by atoms with E-state index in [0.717, 1.165) is 22.8 Å². The number of imidazole rings is 1. The molecule has 0 spiro atoms. The smallest absolute Gasteiger partial charge is 0.133 e. The zero-order valence-electron chi connectivity index (χ0n) is 11.4. The highest BCUT2D eigenvalue weighted by Crippen LogP contribution is 2.22. The van der Waals surface area contributed by atoms with E-state index in [4.69, 9.17) is 4.74 Å². The molecule has 1 atom stereocenters. The van der Waals surface area contributed by atoms with E-state index in [9.17, 15) is 5.11 Å². The lowest BCUT2D eigenvalue weighted by molar-refractivity contribution is 0.128. The molecular formula is C15H20N2O2. The van der Waals surface area contributed by atoms with Crippen molar-refractivity contribution in [3.8, 4) is 11.3 Å². The zero-order valence-corrected chi connectivity index (χ0v) is 11.4. The second-order valence-corrected chi connectivity index (χ2v) is 4.57. The quantitative estimate of drug-likeness (QED) is 0.839. The Kier molecular flexibility index (Phi) is 4.71. The Morgan fingerprint density at radius 1 is 1.32 bits per heavy atom. The number of aliphatic hydroxyl groups is 1. The van der Waals surface area contributed by atoms with Crippen LogP contribution in [0.25, 0.3) is 11.3 Å². The van der Waals surface area contributed by atoms with Crippen LogP contribution in [0.3, 0.4) is 0 Å². The van der Waals surface area contributed by atoms with Crippen LogP contribution in [-0.2, 0) is 17.8 Å². The van der Waals surface area contributed by atoms with E-state index in [1.54, 1.807) is 6.92 Å². The Labute approximate surface area is 113 Å². The molecule has 2 N–H and O–H groups in total. The average molecular weight is 260 g/mol. The van der Waals surface area contributed by atoms with Gasteiger partial charge < -0.3 is 14.8 Å². The average Bonchev–Trinajstić information content (AvgIpc) is 2.79. The van der Waals surface area contributed by atoms with Crippen molar-refractivity contribution in [2.45, 2.75) is 33.0 Å². The maximum atomic E-state index is 9.58. The number of ether oxygens (including phenoxy) is 1. The number of hydrogen-bond donors (Lipinski definition) is 2. The number of nitrogens with zero attached hydrogens (tertiary/aromatic N) is 1. The summed E-state index contributed by atoms with van der Waals surface area (Å²) in [6.45, 7) is 4.86. The highest BCUT2D eigenvalue weighted by atomic mass is 16.5. The van der Waals surface area contributed by atoms with Crippen molar-refractivity contribution in [2.75, 3.05) is 6.61 Å². The molecule has 0 amide bonds. The van der Waals surface area contributed by atoms with Crippen molar-refractivity contribution in [1.29, 1.82) is 0 Å². The molecule has 102 valence electrons. The molecule has 1 heterocycles. The van der Waals surface area contributed by atoms with Gasteiger partial charge in [0.05, 0.1) is 11.8 Å². The number of aromatic nitrogens is 2. The number of hydrogen-bond acceptors (Lipinski definition) is 3. The molecule has 4 heteroatoms. The van der Waals surface area contributed by atoms with Gasteiger partial charge in [-0.3, -0.25) is 0 Å². The first-order valence-corrected chi connectivity index (χ1v) is 6.59. The molecule has 0 saturated carbocycles. The maximum absolute atomic E-state index is 9.58. The van der Waals surface area contributed by atoms with Crippen molar-refractivity contribution in [3.63, 3.8) is 0 Å². The van der Waals surface area contributed by atoms with Crippen molar-refractivity contribution >= 4 is 0 Å². The van der Waals surface area contributed by atoms with E-state index in [1.807, 2.05) is 37.3 Å². The van der Waals surface area contributed by atoms with Crippen LogP contribution in [0.5, 0.6) is 0 Å². The molecule has 1 aromatic heterocycles. The first-order chi connectivity index (χ1) is 9.20. The Balaban J connectivity index is 2.31. The second-order valence-electron chi connectivity index (χ2n) is 4.57. The van der Waals surface area contributed by atoms with Crippen LogP contribution in [0.15, 0.2) is 30.3 Å². The van der Waals surface area contributed by atoms with Crippen LogP contribution < -0.4 is 0 Å². The molecule has 0 fully saturated rings. The highest BCUT2D eigenvalue weighted by Gasteiger charge is 2.13. The number of rotatable bonds is 6. The van der Waals surface area contributed by atoms with Gasteiger partial charge in [-0.15, -0.1) is 0 Å². The molecule has 0 aliphatic heterocycles. The van der Waals surface area contributed by atoms with E-state index in [1.165, 1.54) is 0 Å². The van der Waals surface area contributed by atoms with Crippen molar-refractivity contribution in [1.82, 2.24) is 9.97 Å². The summed E-state index contributed by atoms with van der Waals surface area (Å²) < 4.78 is 5.37. The van der Waals surface area contributed by atoms with Gasteiger partial charge >= 0.3 is 0 Å². The first kappa shape index (κ1) is 13.8. The summed E-state index contributed by atoms with van der Waals surface area (Å²) in [5, 5.41) is 9.58. The fourth-order valence-electron chi connectivity index (χ4n) is 2.01. The Morgan fingerprint density at radius 3 is 2.68 bits per heavy atom. The van der Waals surface area contributed by atoms with Gasteiger partial charge in [0.1, 0.15) is 12.4 Å². The van der Waals surface area contributed by atoms with Gasteiger partial charge in [-0.1, -0.05) is 30.3 Å². The summed E-state index contributed by atoms with van der Waals surface area (Å²) in [5.74, 6) is 0.802. The highest BCUT2D eigenvalue weighted by molar-refractivity contribution is 5.62. The van der Waals surface area contributed by atoms with Crippen molar-refractivity contribution in [2.24, 2.45) is 0 Å². The minimum Gasteiger partial charge on any atom is -0.393 e. The van der Waals surface area contributed by atoms with E-state index < -0.39 is 6.10 Å². The molecule has 2 aromatic rings. The van der Waals surface area contributed by atoms with Crippen LogP contribution in [0, 0.1) is 0 Å². The predicted octanol–water partition coefficient (Wildman–Crippen LogP) is 2.54. The topological polar surface area (TPSA) is 58.1 Å². The van der Waals surface area contributed by atoms with Crippen molar-refractivity contribution < 1.29 is 9.84 Å². The van der Waals surface area contributed by atoms with Gasteiger partial charge in [-0.25, -0.2) is 4.98 Å². The monoisotopic (exact) mass is 260 g/mol. The van der Waals surface area contributed by atoms with Gasteiger partial charge in [0.25, 0.3) is 0 Å². The van der Waals surface area contributed by atoms with Crippen LogP contribution in [-0.4, -0.2) is 27.8 Å². The van der Waals surface area contributed by atoms with Crippen LogP contribution >= 0.6 is 0 Å². The molecule has 0 aliphatic carbocycles. The number of aromatic amines is 1. The largest absolute Gasteiger partial charge is 0.393 e. The number of nitrogens with one attached hydrogen (secondary N) is 1. The Hall–Kier alpha value is -1.65. The Morgan fingerprint density at radius 2 is 2.05 bits per heavy atom. The summed E-state index contributed by atoms with van der Waals surface area (Å²) in [6.07, 6.45) is 0.159. The van der Waals surface area contributed by atoms with Gasteiger partial charge in [-0.05, 0) is 13.8 Å². The molecule has 4 nitrogen and oxygen atoms in total. The lowest BCUT2D eigenvalue weighted by Crippen LogP contribution is -2.05. The number of aliphatic hydroxyl groups excluding tert-OH is 1. The van der Waals surface area contributed by atoms with E-state index in [-0.39, 0.29) is 0 Å². The number of benzene rings is 1. The molecule has 0 bridgehead atoms. The van der Waals surface area contributed by atoms with Crippen LogP contribution in [0.1, 0.15) is 25.4 Å². The molecule has 0 radical (unpaired) electrons. The van der Waals surface area contributed by atoms with Gasteiger partial charge in [0, 0.05) is 24.3 Å². The summed E-state index contributed by atoms with van der Waals surface area (Å²) >= 11 is 0. The fraction of sp³-hybridized carbons (Fsp3) is 0.400. The molecule has 1 unspecified atom stereocenters. The second kappa shape index (κ2) is 6.50. The lowest BCUT2D eigenvalue weighted by Gasteiger charge is -2.04. The van der Waals surface area contributed by atoms with Crippen LogP contribution in [0.2, 0.25) is 0 Å². The third-order valence-corrected chi connectivity index (χ3v) is 2.82. The summed E-state index contributed by atoms with van der Waals surface area (Å²) in [4.78, 5) is 7.83. The maximum Gasteiger partial charge on any atom is 0.133 e. The minimum absolute atomic E-state index is 0.400.